The first-order chi connectivity index (χ1) is 8.61. The Morgan fingerprint density at radius 2 is 2.11 bits per heavy atom. The Kier molecular flexibility index (Phi) is 5.93. The summed E-state index contributed by atoms with van der Waals surface area (Å²) in [5, 5.41) is 5.93. The van der Waals surface area contributed by atoms with Gasteiger partial charge >= 0.3 is 0 Å². The number of nitrogens with zero attached hydrogens (tertiary/aromatic N) is 1. The zero-order chi connectivity index (χ0) is 13.4. The third-order valence-corrected chi connectivity index (χ3v) is 2.26. The number of carbonyl (C=O) groups is 1. The number of pyridine rings is 1. The molecule has 5 N–H and O–H groups in total. The number of carbonyl (C=O) groups excluding carboxylic acids is 1. The average molecular weight is 251 g/mol. The first kappa shape index (κ1) is 14.2. The Labute approximate surface area is 107 Å². The third kappa shape index (κ3) is 5.49. The molecule has 100 valence electrons. The van der Waals surface area contributed by atoms with Gasteiger partial charge in [-0.25, -0.2) is 10.8 Å². The van der Waals surface area contributed by atoms with Crippen LogP contribution in [-0.4, -0.2) is 24.0 Å². The predicted octanol–water partition coefficient (Wildman–Crippen LogP) is 0.941. The van der Waals surface area contributed by atoms with Gasteiger partial charge in [-0.05, 0) is 18.1 Å². The van der Waals surface area contributed by atoms with Crippen LogP contribution in [-0.2, 0) is 4.79 Å². The number of amides is 1. The molecule has 0 fully saturated rings. The van der Waals surface area contributed by atoms with E-state index in [1.165, 1.54) is 0 Å². The van der Waals surface area contributed by atoms with E-state index in [-0.39, 0.29) is 5.91 Å². The molecule has 0 saturated heterocycles. The fourth-order valence-corrected chi connectivity index (χ4v) is 1.32. The summed E-state index contributed by atoms with van der Waals surface area (Å²) in [5.74, 6) is 7.06. The van der Waals surface area contributed by atoms with Crippen molar-refractivity contribution in [3.63, 3.8) is 0 Å². The van der Waals surface area contributed by atoms with Crippen LogP contribution in [0.2, 0.25) is 0 Å². The molecule has 0 spiro atoms. The standard InChI is InChI=1S/C12H21N5O/c1-9(2)8-15-12(18)6-7-14-10-4-3-5-11(16-10)17-13/h3-5,9H,6-8,13H2,1-2H3,(H,15,18)(H2,14,16,17). The molecule has 0 bridgehead atoms. The van der Waals surface area contributed by atoms with Gasteiger partial charge in [-0.15, -0.1) is 0 Å². The molecule has 1 amide bonds. The quantitative estimate of drug-likeness (QED) is 0.427. The highest BCUT2D eigenvalue weighted by molar-refractivity contribution is 5.76. The maximum atomic E-state index is 11.5. The summed E-state index contributed by atoms with van der Waals surface area (Å²) >= 11 is 0. The summed E-state index contributed by atoms with van der Waals surface area (Å²) in [6, 6.07) is 5.43. The fourth-order valence-electron chi connectivity index (χ4n) is 1.32. The fraction of sp³-hybridized carbons (Fsp3) is 0.500. The summed E-state index contributed by atoms with van der Waals surface area (Å²) in [7, 11) is 0. The van der Waals surface area contributed by atoms with E-state index in [1.54, 1.807) is 6.07 Å². The summed E-state index contributed by atoms with van der Waals surface area (Å²) in [6.45, 7) is 5.39. The van der Waals surface area contributed by atoms with Gasteiger partial charge in [0, 0.05) is 19.5 Å². The first-order valence-corrected chi connectivity index (χ1v) is 6.06. The van der Waals surface area contributed by atoms with Crippen LogP contribution in [0.25, 0.3) is 0 Å². The van der Waals surface area contributed by atoms with E-state index >= 15 is 0 Å². The zero-order valence-electron chi connectivity index (χ0n) is 10.9. The molecular weight excluding hydrogens is 230 g/mol. The molecule has 0 aliphatic heterocycles. The van der Waals surface area contributed by atoms with Gasteiger partial charge in [0.1, 0.15) is 11.6 Å². The Morgan fingerprint density at radius 3 is 2.78 bits per heavy atom. The van der Waals surface area contributed by atoms with E-state index in [0.717, 1.165) is 0 Å². The summed E-state index contributed by atoms with van der Waals surface area (Å²) in [4.78, 5) is 15.6. The average Bonchev–Trinajstić information content (AvgIpc) is 2.36. The van der Waals surface area contributed by atoms with Crippen molar-refractivity contribution in [2.24, 2.45) is 11.8 Å². The van der Waals surface area contributed by atoms with Crippen LogP contribution in [0.1, 0.15) is 20.3 Å². The molecule has 0 atom stereocenters. The van der Waals surface area contributed by atoms with Crippen LogP contribution in [0.15, 0.2) is 18.2 Å². The van der Waals surface area contributed by atoms with E-state index < -0.39 is 0 Å². The molecule has 6 heteroatoms. The lowest BCUT2D eigenvalue weighted by Gasteiger charge is -2.09. The SMILES string of the molecule is CC(C)CNC(=O)CCNc1cccc(NN)n1. The van der Waals surface area contributed by atoms with Gasteiger partial charge in [0.25, 0.3) is 0 Å². The van der Waals surface area contributed by atoms with E-state index in [4.69, 9.17) is 5.84 Å². The van der Waals surface area contributed by atoms with Crippen molar-refractivity contribution in [3.05, 3.63) is 18.2 Å². The lowest BCUT2D eigenvalue weighted by molar-refractivity contribution is -0.120. The number of nitrogen functional groups attached to an aromatic ring is 1. The molecule has 0 aliphatic rings. The smallest absolute Gasteiger partial charge is 0.221 e. The molecule has 1 aromatic rings. The minimum absolute atomic E-state index is 0.0457. The van der Waals surface area contributed by atoms with Crippen LogP contribution in [0.3, 0.4) is 0 Å². The van der Waals surface area contributed by atoms with E-state index in [0.29, 0.717) is 37.1 Å². The summed E-state index contributed by atoms with van der Waals surface area (Å²) in [5.41, 5.74) is 2.47. The number of anilines is 2. The van der Waals surface area contributed by atoms with Gasteiger partial charge in [-0.3, -0.25) is 4.79 Å². The Morgan fingerprint density at radius 1 is 1.39 bits per heavy atom. The molecule has 1 aromatic heterocycles. The van der Waals surface area contributed by atoms with Crippen LogP contribution in [0.5, 0.6) is 0 Å². The van der Waals surface area contributed by atoms with Crippen LogP contribution in [0, 0.1) is 5.92 Å². The first-order valence-electron chi connectivity index (χ1n) is 6.06. The number of hydrazine groups is 1. The molecule has 1 heterocycles. The van der Waals surface area contributed by atoms with E-state index in [2.05, 4.69) is 34.9 Å². The van der Waals surface area contributed by atoms with Crippen molar-refractivity contribution in [1.29, 1.82) is 0 Å². The number of nitrogens with one attached hydrogen (secondary N) is 3. The molecule has 6 nitrogen and oxygen atoms in total. The number of hydrogen-bond acceptors (Lipinski definition) is 5. The van der Waals surface area contributed by atoms with Crippen molar-refractivity contribution in [2.45, 2.75) is 20.3 Å². The normalized spacial score (nSPS) is 10.2. The minimum Gasteiger partial charge on any atom is -0.369 e. The number of nitrogens with two attached hydrogens (primary N) is 1. The van der Waals surface area contributed by atoms with Crippen molar-refractivity contribution in [3.8, 4) is 0 Å². The largest absolute Gasteiger partial charge is 0.369 e. The molecule has 18 heavy (non-hydrogen) atoms. The molecule has 0 unspecified atom stereocenters. The second-order valence-corrected chi connectivity index (χ2v) is 4.43. The summed E-state index contributed by atoms with van der Waals surface area (Å²) < 4.78 is 0. The van der Waals surface area contributed by atoms with Crippen LogP contribution in [0.4, 0.5) is 11.6 Å². The molecule has 1 rings (SSSR count). The Balaban J connectivity index is 2.26. The molecule has 0 aliphatic carbocycles. The topological polar surface area (TPSA) is 92.1 Å². The van der Waals surface area contributed by atoms with Crippen molar-refractivity contribution in [1.82, 2.24) is 10.3 Å². The minimum atomic E-state index is 0.0457. The summed E-state index contributed by atoms with van der Waals surface area (Å²) in [6.07, 6.45) is 0.425. The highest BCUT2D eigenvalue weighted by Crippen LogP contribution is 2.07. The van der Waals surface area contributed by atoms with Gasteiger partial charge in [0.2, 0.25) is 5.91 Å². The van der Waals surface area contributed by atoms with E-state index in [9.17, 15) is 4.79 Å². The van der Waals surface area contributed by atoms with Gasteiger partial charge < -0.3 is 16.1 Å². The maximum Gasteiger partial charge on any atom is 0.221 e. The van der Waals surface area contributed by atoms with Gasteiger partial charge in [0.15, 0.2) is 0 Å². The van der Waals surface area contributed by atoms with Gasteiger partial charge in [0.05, 0.1) is 0 Å². The second-order valence-electron chi connectivity index (χ2n) is 4.43. The van der Waals surface area contributed by atoms with Gasteiger partial charge in [-0.2, -0.15) is 0 Å². The highest BCUT2D eigenvalue weighted by atomic mass is 16.1. The molecule has 0 saturated carbocycles. The number of hydrogen-bond donors (Lipinski definition) is 4. The van der Waals surface area contributed by atoms with E-state index in [1.807, 2.05) is 12.1 Å². The predicted molar refractivity (Wildman–Crippen MR) is 73.0 cm³/mol. The molecule has 0 aromatic carbocycles. The molecular formula is C12H21N5O. The lowest BCUT2D eigenvalue weighted by Crippen LogP contribution is -2.28. The lowest BCUT2D eigenvalue weighted by atomic mass is 10.2. The monoisotopic (exact) mass is 251 g/mol. The van der Waals surface area contributed by atoms with Crippen molar-refractivity contribution in [2.75, 3.05) is 23.8 Å². The number of rotatable bonds is 7. The maximum absolute atomic E-state index is 11.5. The Hall–Kier alpha value is -1.82. The Bertz CT molecular complexity index is 380. The zero-order valence-corrected chi connectivity index (χ0v) is 10.9. The van der Waals surface area contributed by atoms with Gasteiger partial charge in [-0.1, -0.05) is 19.9 Å². The second kappa shape index (κ2) is 7.50. The number of aromatic nitrogens is 1. The third-order valence-electron chi connectivity index (χ3n) is 2.26. The highest BCUT2D eigenvalue weighted by Gasteiger charge is 2.02. The van der Waals surface area contributed by atoms with Crippen molar-refractivity contribution < 1.29 is 4.79 Å². The van der Waals surface area contributed by atoms with Crippen LogP contribution < -0.4 is 21.9 Å². The molecule has 0 radical (unpaired) electrons. The van der Waals surface area contributed by atoms with Crippen molar-refractivity contribution >= 4 is 17.5 Å². The van der Waals surface area contributed by atoms with Crippen LogP contribution >= 0.6 is 0 Å².